The number of nitrogens with two attached hydrogens (primary N) is 6. The van der Waals surface area contributed by atoms with Gasteiger partial charge in [-0.05, 0) is 76.0 Å². The second-order valence-electron chi connectivity index (χ2n) is 20.2. The molecule has 23 N–H and O–H groups in total. The number of primary amides is 1. The average Bonchev–Trinajstić information content (AvgIpc) is 3.84. The maximum absolute atomic E-state index is 14.0. The number of aliphatic hydroxyl groups excluding tert-OH is 2. The molecule has 0 unspecified atom stereocenters. The van der Waals surface area contributed by atoms with E-state index < -0.39 is 151 Å². The second kappa shape index (κ2) is 34.4. The molecule has 10 atom stereocenters. The van der Waals surface area contributed by atoms with Crippen molar-refractivity contribution in [3.05, 3.63) is 0 Å². The number of guanidine groups is 2. The summed E-state index contributed by atoms with van der Waals surface area (Å²) in [5, 5.41) is 49.5. The second-order valence-corrected chi connectivity index (χ2v) is 20.2. The summed E-state index contributed by atoms with van der Waals surface area (Å²) in [5.41, 5.74) is 32.4. The number of aliphatic imine (C=N–C) groups is 2. The van der Waals surface area contributed by atoms with E-state index in [2.05, 4.69) is 52.5 Å². The monoisotopic (exact) mass is 1110 g/mol. The van der Waals surface area contributed by atoms with Crippen molar-refractivity contribution >= 4 is 77.0 Å². The molecule has 0 radical (unpaired) electrons. The molecule has 0 aromatic carbocycles. The van der Waals surface area contributed by atoms with Gasteiger partial charge in [0.2, 0.25) is 59.1 Å². The van der Waals surface area contributed by atoms with E-state index in [-0.39, 0.29) is 88.3 Å². The Balaban J connectivity index is 3.21. The van der Waals surface area contributed by atoms with Gasteiger partial charge in [-0.15, -0.1) is 0 Å². The Labute approximate surface area is 453 Å². The Hall–Kier alpha value is -7.41. The molecule has 0 spiro atoms. The van der Waals surface area contributed by atoms with Crippen LogP contribution in [0.4, 0.5) is 0 Å². The molecule has 0 aliphatic carbocycles. The Bertz CT molecular complexity index is 2130. The van der Waals surface area contributed by atoms with Gasteiger partial charge in [-0.2, -0.15) is 0 Å². The number of carbonyl (C=O) groups is 11. The van der Waals surface area contributed by atoms with E-state index in [4.69, 9.17) is 34.4 Å². The van der Waals surface area contributed by atoms with Gasteiger partial charge in [0.05, 0.1) is 25.7 Å². The van der Waals surface area contributed by atoms with Crippen LogP contribution in [0, 0.1) is 17.8 Å². The van der Waals surface area contributed by atoms with Gasteiger partial charge >= 0.3 is 5.97 Å². The van der Waals surface area contributed by atoms with Gasteiger partial charge < -0.3 is 97.2 Å². The normalized spacial score (nSPS) is 16.6. The zero-order valence-corrected chi connectivity index (χ0v) is 45.5. The van der Waals surface area contributed by atoms with Crippen molar-refractivity contribution in [2.24, 2.45) is 62.1 Å². The first-order chi connectivity index (χ1) is 36.4. The SMILES string of the molecule is CC(C)C[C@H](NC(=O)CNC(=O)[C@@H]1CCCN1C(=O)[C@H](CC(N)=O)NC(=O)[C@H](CCCN=C(N)N)NC(=O)[C@@H](N)CO)C(=O)N[C@@H](CC(C)C)C(=O)N[C@H](C(=O)N[C@H](C(=O)N[C@@H](CCCN=C(N)N)C(=O)O)C(C)C)[C@@H](C)O. The van der Waals surface area contributed by atoms with E-state index in [1.165, 1.54) is 6.92 Å². The van der Waals surface area contributed by atoms with Crippen molar-refractivity contribution < 1.29 is 68.1 Å². The quantitative estimate of drug-likeness (QED) is 0.0159. The highest BCUT2D eigenvalue weighted by molar-refractivity contribution is 5.99. The number of nitrogens with one attached hydrogen (secondary N) is 8. The van der Waals surface area contributed by atoms with E-state index in [0.717, 1.165) is 4.90 Å². The molecule has 0 aromatic rings. The molecule has 1 rings (SSSR count). The molecule has 31 heteroatoms. The number of carboxylic acids is 1. The third-order valence-electron chi connectivity index (χ3n) is 12.0. The number of hydrogen-bond acceptors (Lipinski definition) is 16. The van der Waals surface area contributed by atoms with Gasteiger partial charge in [0.15, 0.2) is 11.9 Å². The van der Waals surface area contributed by atoms with Crippen molar-refractivity contribution in [2.75, 3.05) is 32.8 Å². The first-order valence-electron chi connectivity index (χ1n) is 25.8. The fourth-order valence-electron chi connectivity index (χ4n) is 7.98. The summed E-state index contributed by atoms with van der Waals surface area (Å²) in [6.45, 7) is 10.1. The molecule has 31 nitrogen and oxygen atoms in total. The fraction of sp³-hybridized carbons (Fsp3) is 0.723. The molecule has 1 heterocycles. The molecular formula is C47H85N17O14. The lowest BCUT2D eigenvalue weighted by atomic mass is 9.99. The van der Waals surface area contributed by atoms with Crippen molar-refractivity contribution in [3.8, 4) is 0 Å². The Morgan fingerprint density at radius 3 is 1.55 bits per heavy atom. The highest BCUT2D eigenvalue weighted by Gasteiger charge is 2.40. The van der Waals surface area contributed by atoms with Gasteiger partial charge in [0.1, 0.15) is 54.4 Å². The van der Waals surface area contributed by atoms with E-state index in [1.807, 2.05) is 0 Å². The van der Waals surface area contributed by atoms with E-state index in [1.54, 1.807) is 41.5 Å². The number of carboxylic acid groups (broad SMARTS) is 1. The van der Waals surface area contributed by atoms with Crippen LogP contribution < -0.4 is 76.9 Å². The summed E-state index contributed by atoms with van der Waals surface area (Å²) in [6, 6.07) is -12.5. The van der Waals surface area contributed by atoms with Crippen LogP contribution in [0.2, 0.25) is 0 Å². The number of nitrogens with zero attached hydrogens (tertiary/aromatic N) is 3. The van der Waals surface area contributed by atoms with Crippen molar-refractivity contribution in [2.45, 2.75) is 167 Å². The molecule has 1 aliphatic heterocycles. The standard InChI is InChI=1S/C47H85N17O14/c1-22(2)17-29(39(71)60-30(18-23(3)4)40(72)63-36(25(7)66)43(75)62-35(24(5)6)42(74)59-28(45(77)78)12-9-15-55-47(52)53)57-34(68)20-56-41(73)32-13-10-16-64(32)44(76)31(19-33(49)67)61-38(70)27(11-8-14-54-46(50)51)58-37(69)26(48)21-65/h22-32,35-36,65-66H,8-21,48H2,1-7H3,(H2,49,67)(H,56,73)(H,57,68)(H,58,69)(H,59,74)(H,60,71)(H,61,70)(H,62,75)(H,63,72)(H,77,78)(H4,50,51,54)(H4,52,53,55)/t25-,26+,27+,28+,29+,30+,31+,32+,35+,36+/m1/s1. The van der Waals surface area contributed by atoms with Gasteiger partial charge in [-0.3, -0.25) is 57.9 Å². The summed E-state index contributed by atoms with van der Waals surface area (Å²) in [7, 11) is 0. The lowest BCUT2D eigenvalue weighted by Crippen LogP contribution is -2.62. The molecule has 78 heavy (non-hydrogen) atoms. The fourth-order valence-corrected chi connectivity index (χ4v) is 7.98. The summed E-state index contributed by atoms with van der Waals surface area (Å²) in [5.74, 6) is -11.7. The van der Waals surface area contributed by atoms with Crippen LogP contribution in [0.3, 0.4) is 0 Å². The van der Waals surface area contributed by atoms with Gasteiger partial charge in [-0.25, -0.2) is 4.79 Å². The highest BCUT2D eigenvalue weighted by atomic mass is 16.4. The van der Waals surface area contributed by atoms with Gasteiger partial charge in [0.25, 0.3) is 0 Å². The van der Waals surface area contributed by atoms with Crippen LogP contribution in [-0.2, 0) is 52.7 Å². The lowest BCUT2D eigenvalue weighted by Gasteiger charge is -2.30. The number of likely N-dealkylation sites (tertiary alicyclic amines) is 1. The third kappa shape index (κ3) is 25.2. The molecule has 1 aliphatic rings. The van der Waals surface area contributed by atoms with Crippen LogP contribution in [0.1, 0.15) is 106 Å². The van der Waals surface area contributed by atoms with E-state index in [9.17, 15) is 68.1 Å². The van der Waals surface area contributed by atoms with E-state index >= 15 is 0 Å². The smallest absolute Gasteiger partial charge is 0.326 e. The number of aliphatic carboxylic acids is 1. The largest absolute Gasteiger partial charge is 0.480 e. The van der Waals surface area contributed by atoms with E-state index in [0.29, 0.717) is 6.42 Å². The Kier molecular flexibility index (Phi) is 30.2. The van der Waals surface area contributed by atoms with Gasteiger partial charge in [-0.1, -0.05) is 41.5 Å². The minimum atomic E-state index is -1.68. The highest BCUT2D eigenvalue weighted by Crippen LogP contribution is 2.20. The Morgan fingerprint density at radius 1 is 0.603 bits per heavy atom. The summed E-state index contributed by atoms with van der Waals surface area (Å²) < 4.78 is 0. The van der Waals surface area contributed by atoms with Crippen LogP contribution in [-0.4, -0.2) is 190 Å². The maximum Gasteiger partial charge on any atom is 0.326 e. The van der Waals surface area contributed by atoms with Crippen LogP contribution in [0.15, 0.2) is 9.98 Å². The minimum Gasteiger partial charge on any atom is -0.480 e. The van der Waals surface area contributed by atoms with Crippen molar-refractivity contribution in [1.82, 2.24) is 47.4 Å². The molecule has 0 saturated carbocycles. The minimum absolute atomic E-state index is 0.00229. The number of rotatable bonds is 35. The molecule has 442 valence electrons. The van der Waals surface area contributed by atoms with Crippen molar-refractivity contribution in [3.63, 3.8) is 0 Å². The molecule has 0 bridgehead atoms. The van der Waals surface area contributed by atoms with Crippen LogP contribution >= 0.6 is 0 Å². The molecule has 1 saturated heterocycles. The summed E-state index contributed by atoms with van der Waals surface area (Å²) in [4.78, 5) is 155. The van der Waals surface area contributed by atoms with Gasteiger partial charge in [0, 0.05) is 19.6 Å². The van der Waals surface area contributed by atoms with Crippen LogP contribution in [0.25, 0.3) is 0 Å². The predicted molar refractivity (Wildman–Crippen MR) is 283 cm³/mol. The number of carbonyl (C=O) groups excluding carboxylic acids is 10. The predicted octanol–water partition coefficient (Wildman–Crippen LogP) is -7.00. The Morgan fingerprint density at radius 2 is 1.06 bits per heavy atom. The molecule has 0 aromatic heterocycles. The number of aliphatic hydroxyl groups is 2. The summed E-state index contributed by atoms with van der Waals surface area (Å²) >= 11 is 0. The topological polar surface area (TPSA) is 529 Å². The maximum atomic E-state index is 14.0. The number of amides is 10. The van der Waals surface area contributed by atoms with Crippen LogP contribution in [0.5, 0.6) is 0 Å². The lowest BCUT2D eigenvalue weighted by molar-refractivity contribution is -0.143. The molecular weight excluding hydrogens is 1030 g/mol. The zero-order chi connectivity index (χ0) is 59.6. The summed E-state index contributed by atoms with van der Waals surface area (Å²) in [6.07, 6.45) is -1.55. The molecule has 10 amide bonds. The number of hydrogen-bond donors (Lipinski definition) is 17. The van der Waals surface area contributed by atoms with Crippen molar-refractivity contribution in [1.29, 1.82) is 0 Å². The average molecular weight is 1110 g/mol. The first kappa shape index (κ1) is 68.6. The zero-order valence-electron chi connectivity index (χ0n) is 45.5. The first-order valence-corrected chi connectivity index (χ1v) is 25.8. The molecule has 1 fully saturated rings. The third-order valence-corrected chi connectivity index (χ3v) is 12.0.